The van der Waals surface area contributed by atoms with E-state index in [-0.39, 0.29) is 23.9 Å². The molecule has 0 saturated carbocycles. The summed E-state index contributed by atoms with van der Waals surface area (Å²) < 4.78 is 5.06. The van der Waals surface area contributed by atoms with Crippen molar-refractivity contribution in [3.8, 4) is 11.8 Å². The first-order chi connectivity index (χ1) is 12.0. The summed E-state index contributed by atoms with van der Waals surface area (Å²) in [4.78, 5) is 26.9. The highest BCUT2D eigenvalue weighted by Gasteiger charge is 2.37. The maximum atomic E-state index is 12.5. The Balaban J connectivity index is 2.06. The van der Waals surface area contributed by atoms with Gasteiger partial charge in [0.2, 0.25) is 5.91 Å². The molecule has 0 unspecified atom stereocenters. The van der Waals surface area contributed by atoms with Crippen molar-refractivity contribution < 1.29 is 14.1 Å². The van der Waals surface area contributed by atoms with Gasteiger partial charge >= 0.3 is 0 Å². The highest BCUT2D eigenvalue weighted by Crippen LogP contribution is 2.19. The lowest BCUT2D eigenvalue weighted by atomic mass is 10.1. The van der Waals surface area contributed by atoms with E-state index >= 15 is 0 Å². The predicted octanol–water partition coefficient (Wildman–Crippen LogP) is 1.01. The van der Waals surface area contributed by atoms with Crippen molar-refractivity contribution in [3.63, 3.8) is 0 Å². The number of aryl methyl sites for hydroxylation is 2. The van der Waals surface area contributed by atoms with Crippen molar-refractivity contribution >= 4 is 11.8 Å². The molecule has 2 atom stereocenters. The number of hydrogen-bond donors (Lipinski definition) is 2. The molecule has 7 nitrogen and oxygen atoms in total. The van der Waals surface area contributed by atoms with Crippen LogP contribution < -0.4 is 10.6 Å². The molecule has 2 N–H and O–H groups in total. The monoisotopic (exact) mass is 346 g/mol. The van der Waals surface area contributed by atoms with E-state index < -0.39 is 0 Å². The molecule has 0 spiro atoms. The zero-order valence-corrected chi connectivity index (χ0v) is 15.3. The van der Waals surface area contributed by atoms with Crippen LogP contribution in [0, 0.1) is 25.7 Å². The van der Waals surface area contributed by atoms with Crippen molar-refractivity contribution in [1.82, 2.24) is 20.7 Å². The molecule has 136 valence electrons. The summed E-state index contributed by atoms with van der Waals surface area (Å²) in [7, 11) is 0. The second-order valence-electron chi connectivity index (χ2n) is 6.15. The van der Waals surface area contributed by atoms with Crippen molar-refractivity contribution in [3.05, 3.63) is 17.0 Å². The number of carbonyl (C=O) groups is 2. The Kier molecular flexibility index (Phi) is 6.59. The van der Waals surface area contributed by atoms with Crippen LogP contribution in [0.3, 0.4) is 0 Å². The van der Waals surface area contributed by atoms with Crippen LogP contribution >= 0.6 is 0 Å². The van der Waals surface area contributed by atoms with Gasteiger partial charge in [-0.05, 0) is 27.2 Å². The van der Waals surface area contributed by atoms with Gasteiger partial charge in [0.25, 0.3) is 5.91 Å². The number of carbonyl (C=O) groups excluding carboxylic acids is 2. The van der Waals surface area contributed by atoms with Crippen LogP contribution in [-0.4, -0.2) is 53.6 Å². The molecule has 1 fully saturated rings. The number of aromatic nitrogens is 1. The normalized spacial score (nSPS) is 20.0. The third-order valence-corrected chi connectivity index (χ3v) is 4.24. The van der Waals surface area contributed by atoms with Crippen molar-refractivity contribution in [2.24, 2.45) is 0 Å². The molecule has 25 heavy (non-hydrogen) atoms. The first kappa shape index (κ1) is 19.0. The number of rotatable bonds is 5. The van der Waals surface area contributed by atoms with Gasteiger partial charge in [-0.2, -0.15) is 0 Å². The summed E-state index contributed by atoms with van der Waals surface area (Å²) in [5.74, 6) is 6.38. The average Bonchev–Trinajstić information content (AvgIpc) is 3.11. The molecule has 2 amide bonds. The number of amides is 2. The molecule has 1 aliphatic rings. The highest BCUT2D eigenvalue weighted by molar-refractivity contribution is 5.96. The lowest BCUT2D eigenvalue weighted by Crippen LogP contribution is -2.43. The molecule has 1 aromatic rings. The second kappa shape index (κ2) is 8.67. The summed E-state index contributed by atoms with van der Waals surface area (Å²) in [5.41, 5.74) is 1.04. The molecular formula is C18H26N4O3. The Morgan fingerprint density at radius 2 is 2.08 bits per heavy atom. The third-order valence-electron chi connectivity index (χ3n) is 4.24. The minimum absolute atomic E-state index is 0.0186. The van der Waals surface area contributed by atoms with E-state index in [0.717, 1.165) is 6.42 Å². The maximum absolute atomic E-state index is 12.5. The first-order valence-electron chi connectivity index (χ1n) is 8.69. The summed E-state index contributed by atoms with van der Waals surface area (Å²) in [5, 5.41) is 9.68. The quantitative estimate of drug-likeness (QED) is 0.777. The van der Waals surface area contributed by atoms with Crippen LogP contribution in [0.5, 0.6) is 0 Å². The molecule has 0 aromatic carbocycles. The zero-order chi connectivity index (χ0) is 18.4. The summed E-state index contributed by atoms with van der Waals surface area (Å²) in [6.45, 7) is 9.04. The van der Waals surface area contributed by atoms with Crippen LogP contribution in [0.15, 0.2) is 4.52 Å². The zero-order valence-electron chi connectivity index (χ0n) is 15.3. The Morgan fingerprint density at radius 1 is 1.32 bits per heavy atom. The standard InChI is InChI=1S/C18H26N4O3/c1-5-7-8-9-22-11-14(10-15(22)17(23)19-6-2)20-18(24)16-12(3)21-25-13(16)4/h14-15H,5-6,9-11H2,1-4H3,(H,19,23)(H,20,24)/t14-,15-/m0/s1. The van der Waals surface area contributed by atoms with Gasteiger partial charge in [0.1, 0.15) is 11.3 Å². The van der Waals surface area contributed by atoms with Gasteiger partial charge in [-0.3, -0.25) is 14.5 Å². The number of hydrogen-bond acceptors (Lipinski definition) is 5. The van der Waals surface area contributed by atoms with Crippen LogP contribution in [0.1, 0.15) is 48.5 Å². The fourth-order valence-electron chi connectivity index (χ4n) is 3.09. The number of nitrogens with zero attached hydrogens (tertiary/aromatic N) is 2. The van der Waals surface area contributed by atoms with Gasteiger partial charge in [-0.15, -0.1) is 5.92 Å². The van der Waals surface area contributed by atoms with Crippen LogP contribution in [0.4, 0.5) is 0 Å². The molecule has 1 aromatic heterocycles. The Labute approximate surface area is 148 Å². The van der Waals surface area contributed by atoms with Crippen molar-refractivity contribution in [2.75, 3.05) is 19.6 Å². The van der Waals surface area contributed by atoms with Gasteiger partial charge in [0.15, 0.2) is 0 Å². The van der Waals surface area contributed by atoms with Gasteiger partial charge < -0.3 is 15.2 Å². The van der Waals surface area contributed by atoms with E-state index in [4.69, 9.17) is 4.52 Å². The third kappa shape index (κ3) is 4.60. The summed E-state index contributed by atoms with van der Waals surface area (Å²) in [6, 6.07) is -0.390. The highest BCUT2D eigenvalue weighted by atomic mass is 16.5. The van der Waals surface area contributed by atoms with Crippen molar-refractivity contribution in [1.29, 1.82) is 0 Å². The largest absolute Gasteiger partial charge is 0.361 e. The molecule has 2 heterocycles. The fourth-order valence-corrected chi connectivity index (χ4v) is 3.09. The Hall–Kier alpha value is -2.33. The molecule has 0 aliphatic carbocycles. The van der Waals surface area contributed by atoms with Gasteiger partial charge in [0, 0.05) is 25.6 Å². The van der Waals surface area contributed by atoms with Crippen LogP contribution in [0.25, 0.3) is 0 Å². The Morgan fingerprint density at radius 3 is 2.68 bits per heavy atom. The fraction of sp³-hybridized carbons (Fsp3) is 0.611. The Bertz CT molecular complexity index is 667. The van der Waals surface area contributed by atoms with Crippen LogP contribution in [-0.2, 0) is 4.79 Å². The minimum Gasteiger partial charge on any atom is -0.361 e. The van der Waals surface area contributed by atoms with Gasteiger partial charge in [-0.1, -0.05) is 18.0 Å². The van der Waals surface area contributed by atoms with Gasteiger partial charge in [0.05, 0.1) is 18.3 Å². The minimum atomic E-state index is -0.277. The summed E-state index contributed by atoms with van der Waals surface area (Å²) >= 11 is 0. The average molecular weight is 346 g/mol. The van der Waals surface area contributed by atoms with Crippen molar-refractivity contribution in [2.45, 2.75) is 52.6 Å². The second-order valence-corrected chi connectivity index (χ2v) is 6.15. The van der Waals surface area contributed by atoms with E-state index in [1.54, 1.807) is 13.8 Å². The molecule has 1 aliphatic heterocycles. The lowest BCUT2D eigenvalue weighted by Gasteiger charge is -2.20. The number of nitrogens with one attached hydrogen (secondary N) is 2. The molecule has 2 rings (SSSR count). The summed E-state index contributed by atoms with van der Waals surface area (Å²) in [6.07, 6.45) is 1.35. The smallest absolute Gasteiger partial charge is 0.257 e. The lowest BCUT2D eigenvalue weighted by molar-refractivity contribution is -0.125. The van der Waals surface area contributed by atoms with E-state index in [9.17, 15) is 9.59 Å². The molecule has 7 heteroatoms. The number of likely N-dealkylation sites (tertiary alicyclic amines) is 1. The molecular weight excluding hydrogens is 320 g/mol. The SMILES string of the molecule is CCC#CCN1C[C@@H](NC(=O)c2c(C)noc2C)C[C@H]1C(=O)NCC. The topological polar surface area (TPSA) is 87.5 Å². The molecule has 0 bridgehead atoms. The molecule has 0 radical (unpaired) electrons. The van der Waals surface area contributed by atoms with E-state index in [1.807, 2.05) is 18.7 Å². The van der Waals surface area contributed by atoms with E-state index in [1.165, 1.54) is 0 Å². The molecule has 1 saturated heterocycles. The van der Waals surface area contributed by atoms with E-state index in [2.05, 4.69) is 27.6 Å². The van der Waals surface area contributed by atoms with Gasteiger partial charge in [-0.25, -0.2) is 0 Å². The first-order valence-corrected chi connectivity index (χ1v) is 8.69. The van der Waals surface area contributed by atoms with E-state index in [0.29, 0.717) is 43.1 Å². The number of likely N-dealkylation sites (N-methyl/N-ethyl adjacent to an activating group) is 1. The maximum Gasteiger partial charge on any atom is 0.257 e. The van der Waals surface area contributed by atoms with Crippen LogP contribution in [0.2, 0.25) is 0 Å². The predicted molar refractivity (Wildman–Crippen MR) is 94.0 cm³/mol.